The van der Waals surface area contributed by atoms with Crippen molar-refractivity contribution in [1.82, 2.24) is 30.4 Å². The predicted molar refractivity (Wildman–Crippen MR) is 99.9 cm³/mol. The van der Waals surface area contributed by atoms with E-state index in [1.165, 1.54) is 0 Å². The molecule has 1 aliphatic heterocycles. The van der Waals surface area contributed by atoms with Gasteiger partial charge in [-0.25, -0.2) is 0 Å². The molecular weight excluding hydrogens is 344 g/mol. The number of aromatic nitrogens is 4. The highest BCUT2D eigenvalue weighted by atomic mass is 16.5. The van der Waals surface area contributed by atoms with Crippen LogP contribution in [0.3, 0.4) is 0 Å². The van der Waals surface area contributed by atoms with E-state index in [0.29, 0.717) is 25.8 Å². The van der Waals surface area contributed by atoms with E-state index in [9.17, 15) is 4.79 Å². The summed E-state index contributed by atoms with van der Waals surface area (Å²) in [7, 11) is 0. The molecule has 0 aromatic carbocycles. The van der Waals surface area contributed by atoms with Crippen LogP contribution >= 0.6 is 0 Å². The lowest BCUT2D eigenvalue weighted by Gasteiger charge is -2.30. The van der Waals surface area contributed by atoms with Gasteiger partial charge in [0.15, 0.2) is 0 Å². The fraction of sp³-hybridized carbons (Fsp3) is 0.579. The molecule has 1 atom stereocenters. The number of amides is 1. The van der Waals surface area contributed by atoms with Crippen LogP contribution in [0.25, 0.3) is 11.3 Å². The summed E-state index contributed by atoms with van der Waals surface area (Å²) in [5.41, 5.74) is 1.82. The predicted octanol–water partition coefficient (Wildman–Crippen LogP) is 1.18. The van der Waals surface area contributed by atoms with Crippen LogP contribution in [-0.2, 0) is 9.53 Å². The first-order valence-electron chi connectivity index (χ1n) is 9.69. The number of carbonyl (C=O) groups is 1. The first-order valence-corrected chi connectivity index (χ1v) is 9.69. The van der Waals surface area contributed by atoms with Crippen molar-refractivity contribution >= 4 is 5.91 Å². The third-order valence-electron chi connectivity index (χ3n) is 5.38. The Kier molecular flexibility index (Phi) is 5.74. The Labute approximate surface area is 158 Å². The molecule has 27 heavy (non-hydrogen) atoms. The second-order valence-electron chi connectivity index (χ2n) is 7.29. The van der Waals surface area contributed by atoms with E-state index in [-0.39, 0.29) is 17.9 Å². The number of hydrogen-bond donors (Lipinski definition) is 2. The fourth-order valence-corrected chi connectivity index (χ4v) is 3.80. The second kappa shape index (κ2) is 8.58. The number of nitrogens with zero attached hydrogens (tertiary/aromatic N) is 4. The van der Waals surface area contributed by atoms with Gasteiger partial charge >= 0.3 is 0 Å². The quantitative estimate of drug-likeness (QED) is 0.839. The third kappa shape index (κ3) is 4.51. The van der Waals surface area contributed by atoms with Gasteiger partial charge in [-0.15, -0.1) is 0 Å². The lowest BCUT2D eigenvalue weighted by molar-refractivity contribution is -0.127. The van der Waals surface area contributed by atoms with Crippen LogP contribution in [-0.4, -0.2) is 58.0 Å². The maximum atomic E-state index is 12.5. The van der Waals surface area contributed by atoms with E-state index < -0.39 is 0 Å². The topological polar surface area (TPSA) is 94.0 Å². The standard InChI is InChI=1S/C19H26N6O2/c26-19(15-9-21-7-8-27-13-15)24-16-1-3-17(4-2-16)25-12-14(10-23-25)18-11-20-5-6-22-18/h5-6,10-12,15-17,21H,1-4,7-9,13H2,(H,24,26). The van der Waals surface area contributed by atoms with Crippen molar-refractivity contribution in [2.45, 2.75) is 37.8 Å². The lowest BCUT2D eigenvalue weighted by Crippen LogP contribution is -2.44. The van der Waals surface area contributed by atoms with Crippen molar-refractivity contribution in [3.05, 3.63) is 31.0 Å². The molecule has 1 saturated heterocycles. The van der Waals surface area contributed by atoms with E-state index in [1.54, 1.807) is 18.6 Å². The Morgan fingerprint density at radius 2 is 2.11 bits per heavy atom. The SMILES string of the molecule is O=C(NC1CCC(n2cc(-c3cnccn3)cn2)CC1)C1CNCCOC1. The lowest BCUT2D eigenvalue weighted by atomic mass is 9.91. The zero-order valence-corrected chi connectivity index (χ0v) is 15.4. The van der Waals surface area contributed by atoms with E-state index >= 15 is 0 Å². The summed E-state index contributed by atoms with van der Waals surface area (Å²) in [6.07, 6.45) is 12.9. The van der Waals surface area contributed by atoms with Gasteiger partial charge in [0, 0.05) is 43.3 Å². The largest absolute Gasteiger partial charge is 0.379 e. The van der Waals surface area contributed by atoms with Crippen LogP contribution in [0.5, 0.6) is 0 Å². The molecule has 1 aliphatic carbocycles. The number of carbonyl (C=O) groups excluding carboxylic acids is 1. The van der Waals surface area contributed by atoms with Crippen LogP contribution in [0.1, 0.15) is 31.7 Å². The maximum absolute atomic E-state index is 12.5. The summed E-state index contributed by atoms with van der Waals surface area (Å²) in [5, 5.41) is 11.0. The molecule has 8 nitrogen and oxygen atoms in total. The molecule has 2 aromatic rings. The maximum Gasteiger partial charge on any atom is 0.226 e. The molecule has 0 radical (unpaired) electrons. The average molecular weight is 370 g/mol. The number of rotatable bonds is 4. The van der Waals surface area contributed by atoms with Gasteiger partial charge in [-0.05, 0) is 25.7 Å². The zero-order chi connectivity index (χ0) is 18.5. The molecule has 2 aliphatic rings. The smallest absolute Gasteiger partial charge is 0.226 e. The normalized spacial score (nSPS) is 26.3. The van der Waals surface area contributed by atoms with Crippen LogP contribution in [0.4, 0.5) is 0 Å². The van der Waals surface area contributed by atoms with E-state index in [4.69, 9.17) is 4.74 Å². The molecule has 1 saturated carbocycles. The van der Waals surface area contributed by atoms with Crippen LogP contribution in [0, 0.1) is 5.92 Å². The first-order chi connectivity index (χ1) is 13.3. The van der Waals surface area contributed by atoms with Gasteiger partial charge < -0.3 is 15.4 Å². The molecule has 4 rings (SSSR count). The minimum absolute atomic E-state index is 0.0918. The van der Waals surface area contributed by atoms with Crippen molar-refractivity contribution < 1.29 is 9.53 Å². The molecule has 1 amide bonds. The summed E-state index contributed by atoms with van der Waals surface area (Å²) in [6.45, 7) is 2.69. The highest BCUT2D eigenvalue weighted by Gasteiger charge is 2.27. The zero-order valence-electron chi connectivity index (χ0n) is 15.4. The van der Waals surface area contributed by atoms with Crippen molar-refractivity contribution in [2.75, 3.05) is 26.3 Å². The summed E-state index contributed by atoms with van der Waals surface area (Å²) in [5.74, 6) is 0.0164. The molecule has 3 heterocycles. The van der Waals surface area contributed by atoms with Crippen molar-refractivity contribution in [3.8, 4) is 11.3 Å². The van der Waals surface area contributed by atoms with E-state index in [1.807, 2.05) is 17.1 Å². The van der Waals surface area contributed by atoms with Gasteiger partial charge in [-0.3, -0.25) is 19.4 Å². The number of ether oxygens (including phenoxy) is 1. The van der Waals surface area contributed by atoms with Gasteiger partial charge in [0.25, 0.3) is 0 Å². The highest BCUT2D eigenvalue weighted by molar-refractivity contribution is 5.79. The van der Waals surface area contributed by atoms with Gasteiger partial charge in [-0.1, -0.05) is 0 Å². The Balaban J connectivity index is 1.29. The summed E-state index contributed by atoms with van der Waals surface area (Å²) in [6, 6.07) is 0.610. The highest BCUT2D eigenvalue weighted by Crippen LogP contribution is 2.29. The molecule has 8 heteroatoms. The van der Waals surface area contributed by atoms with Crippen LogP contribution < -0.4 is 10.6 Å². The first kappa shape index (κ1) is 18.1. The Morgan fingerprint density at radius 1 is 1.22 bits per heavy atom. The van der Waals surface area contributed by atoms with Gasteiger partial charge in [0.2, 0.25) is 5.91 Å². The van der Waals surface area contributed by atoms with E-state index in [0.717, 1.165) is 43.5 Å². The second-order valence-corrected chi connectivity index (χ2v) is 7.29. The molecule has 0 bridgehead atoms. The molecular formula is C19H26N6O2. The minimum atomic E-state index is -0.0918. The Bertz CT molecular complexity index is 734. The summed E-state index contributed by atoms with van der Waals surface area (Å²) >= 11 is 0. The fourth-order valence-electron chi connectivity index (χ4n) is 3.80. The van der Waals surface area contributed by atoms with Crippen molar-refractivity contribution in [1.29, 1.82) is 0 Å². The van der Waals surface area contributed by atoms with E-state index in [2.05, 4.69) is 25.7 Å². The van der Waals surface area contributed by atoms with Gasteiger partial charge in [0.05, 0.1) is 43.3 Å². The molecule has 2 aromatic heterocycles. The molecule has 1 unspecified atom stereocenters. The average Bonchev–Trinajstić information content (AvgIpc) is 3.04. The minimum Gasteiger partial charge on any atom is -0.379 e. The number of hydrogen-bond acceptors (Lipinski definition) is 6. The van der Waals surface area contributed by atoms with Crippen LogP contribution in [0.15, 0.2) is 31.0 Å². The Morgan fingerprint density at radius 3 is 2.93 bits per heavy atom. The monoisotopic (exact) mass is 370 g/mol. The number of nitrogens with one attached hydrogen (secondary N) is 2. The molecule has 2 fully saturated rings. The summed E-state index contributed by atoms with van der Waals surface area (Å²) < 4.78 is 7.52. The van der Waals surface area contributed by atoms with Crippen molar-refractivity contribution in [2.24, 2.45) is 5.92 Å². The molecule has 2 N–H and O–H groups in total. The molecule has 144 valence electrons. The third-order valence-corrected chi connectivity index (χ3v) is 5.38. The summed E-state index contributed by atoms with van der Waals surface area (Å²) in [4.78, 5) is 20.9. The Hall–Kier alpha value is -2.32. The van der Waals surface area contributed by atoms with Gasteiger partial charge in [-0.2, -0.15) is 5.10 Å². The van der Waals surface area contributed by atoms with Gasteiger partial charge in [0.1, 0.15) is 0 Å². The van der Waals surface area contributed by atoms with Crippen molar-refractivity contribution in [3.63, 3.8) is 0 Å². The molecule has 0 spiro atoms. The van der Waals surface area contributed by atoms with Crippen LogP contribution in [0.2, 0.25) is 0 Å².